The number of carboxylic acids is 1. The molecule has 0 saturated carbocycles. The Labute approximate surface area is 109 Å². The van der Waals surface area contributed by atoms with Crippen LogP contribution in [0.3, 0.4) is 0 Å². The molecule has 0 radical (unpaired) electrons. The molecule has 0 spiro atoms. The molecule has 18 heavy (non-hydrogen) atoms. The fourth-order valence-corrected chi connectivity index (χ4v) is 1.67. The summed E-state index contributed by atoms with van der Waals surface area (Å²) in [7, 11) is 1.63. The minimum atomic E-state index is -1.01. The van der Waals surface area contributed by atoms with E-state index in [1.807, 2.05) is 0 Å². The number of imidazole rings is 1. The number of hydrogen-bond acceptors (Lipinski definition) is 3. The maximum Gasteiger partial charge on any atom is 0.354 e. The monoisotopic (exact) mass is 266 g/mol. The first-order valence-corrected chi connectivity index (χ1v) is 5.58. The molecule has 0 amide bonds. The Morgan fingerprint density at radius 1 is 1.56 bits per heavy atom. The van der Waals surface area contributed by atoms with Crippen LogP contribution in [-0.4, -0.2) is 20.6 Å². The summed E-state index contributed by atoms with van der Waals surface area (Å²) in [5, 5.41) is 9.46. The number of hydrogen-bond donors (Lipinski definition) is 1. The van der Waals surface area contributed by atoms with Gasteiger partial charge >= 0.3 is 5.97 Å². The Hall–Kier alpha value is -2.01. The lowest BCUT2D eigenvalue weighted by Crippen LogP contribution is -2.09. The number of halogens is 1. The van der Waals surface area contributed by atoms with Gasteiger partial charge in [0.2, 0.25) is 0 Å². The lowest BCUT2D eigenvalue weighted by Gasteiger charge is -2.07. The van der Waals surface area contributed by atoms with Gasteiger partial charge in [-0.1, -0.05) is 17.7 Å². The van der Waals surface area contributed by atoms with Crippen molar-refractivity contribution in [2.45, 2.75) is 6.61 Å². The van der Waals surface area contributed by atoms with Crippen LogP contribution < -0.4 is 4.74 Å². The van der Waals surface area contributed by atoms with Gasteiger partial charge in [0.25, 0.3) is 0 Å². The summed E-state index contributed by atoms with van der Waals surface area (Å²) in [6, 6.07) is 6.98. The van der Waals surface area contributed by atoms with Crippen molar-refractivity contribution in [3.05, 3.63) is 47.0 Å². The van der Waals surface area contributed by atoms with Crippen LogP contribution in [0, 0.1) is 0 Å². The summed E-state index contributed by atoms with van der Waals surface area (Å²) in [5.41, 5.74) is 0.125. The molecule has 0 aliphatic heterocycles. The minimum absolute atomic E-state index is 0.125. The maximum atomic E-state index is 10.8. The van der Waals surface area contributed by atoms with Crippen molar-refractivity contribution in [1.29, 1.82) is 0 Å². The highest BCUT2D eigenvalue weighted by atomic mass is 35.5. The van der Waals surface area contributed by atoms with Gasteiger partial charge in [-0.15, -0.1) is 0 Å². The van der Waals surface area contributed by atoms with Crippen molar-refractivity contribution in [2.75, 3.05) is 0 Å². The van der Waals surface area contributed by atoms with Gasteiger partial charge in [-0.3, -0.25) is 0 Å². The lowest BCUT2D eigenvalue weighted by atomic mass is 10.3. The van der Waals surface area contributed by atoms with Crippen LogP contribution in [0.15, 0.2) is 30.5 Å². The van der Waals surface area contributed by atoms with Gasteiger partial charge in [0.15, 0.2) is 0 Å². The molecule has 6 heteroatoms. The van der Waals surface area contributed by atoms with Crippen molar-refractivity contribution < 1.29 is 14.6 Å². The Morgan fingerprint density at radius 2 is 2.33 bits per heavy atom. The topological polar surface area (TPSA) is 64.4 Å². The number of benzene rings is 1. The van der Waals surface area contributed by atoms with Crippen molar-refractivity contribution >= 4 is 17.6 Å². The quantitative estimate of drug-likeness (QED) is 0.923. The molecule has 1 N–H and O–H groups in total. The van der Waals surface area contributed by atoms with Crippen LogP contribution in [0.1, 0.15) is 16.3 Å². The average Bonchev–Trinajstić information content (AvgIpc) is 2.68. The Balaban J connectivity index is 2.09. The predicted molar refractivity (Wildman–Crippen MR) is 66.0 cm³/mol. The summed E-state index contributed by atoms with van der Waals surface area (Å²) in [4.78, 5) is 14.8. The van der Waals surface area contributed by atoms with Crippen LogP contribution in [0.2, 0.25) is 5.02 Å². The fourth-order valence-electron chi connectivity index (χ4n) is 1.49. The van der Waals surface area contributed by atoms with Crippen LogP contribution in [-0.2, 0) is 13.7 Å². The molecule has 0 aliphatic rings. The summed E-state index contributed by atoms with van der Waals surface area (Å²) in [5.74, 6) is 0.133. The average molecular weight is 267 g/mol. The molecular weight excluding hydrogens is 256 g/mol. The molecule has 0 fully saturated rings. The third-order valence-corrected chi connectivity index (χ3v) is 2.70. The Bertz CT molecular complexity index is 580. The largest absolute Gasteiger partial charge is 0.486 e. The molecule has 0 unspecified atom stereocenters. The van der Waals surface area contributed by atoms with Crippen molar-refractivity contribution in [3.63, 3.8) is 0 Å². The molecule has 0 saturated heterocycles. The van der Waals surface area contributed by atoms with Crippen LogP contribution in [0.25, 0.3) is 0 Å². The number of carboxylic acid groups (broad SMARTS) is 1. The molecule has 0 bridgehead atoms. The predicted octanol–water partition coefficient (Wildman–Crippen LogP) is 2.35. The second kappa shape index (κ2) is 5.10. The zero-order chi connectivity index (χ0) is 13.1. The molecule has 94 valence electrons. The summed E-state index contributed by atoms with van der Waals surface area (Å²) in [6.45, 7) is 0.185. The van der Waals surface area contributed by atoms with Gasteiger partial charge in [0.1, 0.15) is 23.9 Å². The van der Waals surface area contributed by atoms with Crippen molar-refractivity contribution in [3.8, 4) is 5.75 Å². The summed E-state index contributed by atoms with van der Waals surface area (Å²) < 4.78 is 6.97. The van der Waals surface area contributed by atoms with E-state index in [0.717, 1.165) is 0 Å². The normalized spacial score (nSPS) is 10.3. The smallest absolute Gasteiger partial charge is 0.354 e. The zero-order valence-corrected chi connectivity index (χ0v) is 10.4. The van der Waals surface area contributed by atoms with Gasteiger partial charge < -0.3 is 14.4 Å². The van der Waals surface area contributed by atoms with Gasteiger partial charge in [0, 0.05) is 12.1 Å². The SMILES string of the molecule is Cn1c(C(=O)O)cnc1COc1cccc(Cl)c1. The zero-order valence-electron chi connectivity index (χ0n) is 9.63. The number of aromatic nitrogens is 2. The van der Waals surface area contributed by atoms with Gasteiger partial charge in [-0.05, 0) is 18.2 Å². The highest BCUT2D eigenvalue weighted by Gasteiger charge is 2.12. The van der Waals surface area contributed by atoms with E-state index in [4.69, 9.17) is 21.4 Å². The van der Waals surface area contributed by atoms with E-state index in [9.17, 15) is 4.79 Å². The number of rotatable bonds is 4. The van der Waals surface area contributed by atoms with Crippen LogP contribution >= 0.6 is 11.6 Å². The van der Waals surface area contributed by atoms with Crippen LogP contribution in [0.4, 0.5) is 0 Å². The first kappa shape index (κ1) is 12.4. The minimum Gasteiger partial charge on any atom is -0.486 e. The van der Waals surface area contributed by atoms with E-state index in [-0.39, 0.29) is 12.3 Å². The molecular formula is C12H11ClN2O3. The number of aromatic carboxylic acids is 1. The Morgan fingerprint density at radius 3 is 2.94 bits per heavy atom. The maximum absolute atomic E-state index is 10.8. The highest BCUT2D eigenvalue weighted by molar-refractivity contribution is 6.30. The standard InChI is InChI=1S/C12H11ClN2O3/c1-15-10(12(16)17)6-14-11(15)7-18-9-4-2-3-8(13)5-9/h2-6H,7H2,1H3,(H,16,17). The first-order chi connectivity index (χ1) is 8.58. The van der Waals surface area contributed by atoms with Crippen molar-refractivity contribution in [1.82, 2.24) is 9.55 Å². The molecule has 2 aromatic rings. The van der Waals surface area contributed by atoms with E-state index in [0.29, 0.717) is 16.6 Å². The lowest BCUT2D eigenvalue weighted by molar-refractivity contribution is 0.0686. The molecule has 2 rings (SSSR count). The van der Waals surface area contributed by atoms with Gasteiger partial charge in [0.05, 0.1) is 6.20 Å². The van der Waals surface area contributed by atoms with Gasteiger partial charge in [-0.25, -0.2) is 9.78 Å². The second-order valence-electron chi connectivity index (χ2n) is 3.67. The second-order valence-corrected chi connectivity index (χ2v) is 4.11. The van der Waals surface area contributed by atoms with E-state index in [2.05, 4.69) is 4.98 Å². The first-order valence-electron chi connectivity index (χ1n) is 5.20. The molecule has 1 aromatic heterocycles. The van der Waals surface area contributed by atoms with Gasteiger partial charge in [-0.2, -0.15) is 0 Å². The summed E-state index contributed by atoms with van der Waals surface area (Å²) >= 11 is 5.82. The number of nitrogens with zero attached hydrogens (tertiary/aromatic N) is 2. The fraction of sp³-hybridized carbons (Fsp3) is 0.167. The molecule has 1 aromatic carbocycles. The number of carbonyl (C=O) groups is 1. The number of ether oxygens (including phenoxy) is 1. The molecule has 0 atom stereocenters. The van der Waals surface area contributed by atoms with E-state index in [1.54, 1.807) is 31.3 Å². The molecule has 0 aliphatic carbocycles. The third kappa shape index (κ3) is 2.62. The third-order valence-electron chi connectivity index (χ3n) is 2.47. The van der Waals surface area contributed by atoms with E-state index < -0.39 is 5.97 Å². The summed E-state index contributed by atoms with van der Waals surface area (Å²) in [6.07, 6.45) is 1.30. The van der Waals surface area contributed by atoms with E-state index >= 15 is 0 Å². The Kier molecular flexibility index (Phi) is 3.53. The highest BCUT2D eigenvalue weighted by Crippen LogP contribution is 2.18. The van der Waals surface area contributed by atoms with Crippen LogP contribution in [0.5, 0.6) is 5.75 Å². The van der Waals surface area contributed by atoms with Crippen molar-refractivity contribution in [2.24, 2.45) is 7.05 Å². The molecule has 5 nitrogen and oxygen atoms in total. The molecule has 1 heterocycles. The van der Waals surface area contributed by atoms with E-state index in [1.165, 1.54) is 10.8 Å².